The maximum absolute atomic E-state index is 12.3. The van der Waals surface area contributed by atoms with Crippen LogP contribution in [0, 0.1) is 0 Å². The minimum atomic E-state index is 0.0870. The zero-order valence-electron chi connectivity index (χ0n) is 18.6. The normalized spacial score (nSPS) is 11.6. The van der Waals surface area contributed by atoms with E-state index in [2.05, 4.69) is 36.4 Å². The number of nitrogens with zero attached hydrogens (tertiary/aromatic N) is 1. The summed E-state index contributed by atoms with van der Waals surface area (Å²) in [5.74, 6) is 2.07. The van der Waals surface area contributed by atoms with Gasteiger partial charge < -0.3 is 14.4 Å². The molecule has 0 fully saturated rings. The Bertz CT molecular complexity index is 936. The lowest BCUT2D eigenvalue weighted by molar-refractivity contribution is -0.129. The van der Waals surface area contributed by atoms with Crippen molar-refractivity contribution < 1.29 is 14.3 Å². The van der Waals surface area contributed by atoms with E-state index in [0.717, 1.165) is 29.9 Å². The lowest BCUT2D eigenvalue weighted by Gasteiger charge is -2.25. The van der Waals surface area contributed by atoms with Gasteiger partial charge in [0.1, 0.15) is 11.5 Å². The Kier molecular flexibility index (Phi) is 8.11. The zero-order chi connectivity index (χ0) is 22.1. The second kappa shape index (κ2) is 11.2. The van der Waals surface area contributed by atoms with E-state index in [1.807, 2.05) is 47.4 Å². The lowest BCUT2D eigenvalue weighted by atomic mass is 9.89. The van der Waals surface area contributed by atoms with Gasteiger partial charge in [0.15, 0.2) is 0 Å². The highest BCUT2D eigenvalue weighted by Gasteiger charge is 2.17. The average molecular weight is 418 g/mol. The second-order valence-electron chi connectivity index (χ2n) is 7.74. The molecule has 0 heterocycles. The quantitative estimate of drug-likeness (QED) is 0.439. The molecule has 4 nitrogen and oxygen atoms in total. The van der Waals surface area contributed by atoms with Crippen molar-refractivity contribution in [2.24, 2.45) is 0 Å². The Balaban J connectivity index is 1.73. The molecule has 31 heavy (non-hydrogen) atoms. The van der Waals surface area contributed by atoms with E-state index in [-0.39, 0.29) is 5.91 Å². The number of rotatable bonds is 10. The van der Waals surface area contributed by atoms with Crippen molar-refractivity contribution >= 4 is 5.91 Å². The minimum absolute atomic E-state index is 0.0870. The van der Waals surface area contributed by atoms with E-state index >= 15 is 0 Å². The molecular formula is C27H31NO3. The Morgan fingerprint density at radius 2 is 1.39 bits per heavy atom. The molecule has 3 aromatic rings. The molecule has 0 aromatic heterocycles. The van der Waals surface area contributed by atoms with Crippen LogP contribution in [0.2, 0.25) is 0 Å². The van der Waals surface area contributed by atoms with E-state index in [9.17, 15) is 4.79 Å². The molecule has 0 bridgehead atoms. The fraction of sp³-hybridized carbons (Fsp3) is 0.296. The van der Waals surface area contributed by atoms with E-state index in [1.54, 1.807) is 21.1 Å². The smallest absolute Gasteiger partial charge is 0.219 e. The van der Waals surface area contributed by atoms with Gasteiger partial charge in [-0.05, 0) is 59.7 Å². The van der Waals surface area contributed by atoms with Crippen LogP contribution in [-0.4, -0.2) is 31.6 Å². The molecule has 0 aliphatic rings. The summed E-state index contributed by atoms with van der Waals surface area (Å²) in [6.07, 6.45) is 1.82. The van der Waals surface area contributed by atoms with Crippen molar-refractivity contribution in [3.63, 3.8) is 0 Å². The van der Waals surface area contributed by atoms with Crippen LogP contribution in [0.5, 0.6) is 11.5 Å². The molecule has 0 spiro atoms. The van der Waals surface area contributed by atoms with Gasteiger partial charge in [-0.1, -0.05) is 54.6 Å². The monoisotopic (exact) mass is 417 g/mol. The van der Waals surface area contributed by atoms with E-state index in [0.29, 0.717) is 19.0 Å². The van der Waals surface area contributed by atoms with Gasteiger partial charge in [-0.25, -0.2) is 0 Å². The minimum Gasteiger partial charge on any atom is -0.497 e. The summed E-state index contributed by atoms with van der Waals surface area (Å²) >= 11 is 0. The molecule has 3 rings (SSSR count). The first-order valence-corrected chi connectivity index (χ1v) is 10.7. The van der Waals surface area contributed by atoms with Crippen molar-refractivity contribution in [2.45, 2.75) is 32.2 Å². The van der Waals surface area contributed by atoms with Crippen molar-refractivity contribution in [2.75, 3.05) is 20.8 Å². The molecule has 0 saturated heterocycles. The first kappa shape index (κ1) is 22.4. The summed E-state index contributed by atoms with van der Waals surface area (Å²) in [5.41, 5.74) is 3.66. The van der Waals surface area contributed by atoms with Crippen molar-refractivity contribution in [3.8, 4) is 11.5 Å². The van der Waals surface area contributed by atoms with E-state index in [1.165, 1.54) is 11.1 Å². The number of carbonyl (C=O) groups is 1. The summed E-state index contributed by atoms with van der Waals surface area (Å²) in [6.45, 7) is 2.94. The van der Waals surface area contributed by atoms with Crippen LogP contribution in [0.1, 0.15) is 36.0 Å². The fourth-order valence-corrected chi connectivity index (χ4v) is 3.77. The van der Waals surface area contributed by atoms with Gasteiger partial charge in [0, 0.05) is 20.0 Å². The van der Waals surface area contributed by atoms with Crippen LogP contribution in [0.25, 0.3) is 0 Å². The number of methoxy groups -OCH3 is 2. The Morgan fingerprint density at radius 1 is 0.806 bits per heavy atom. The van der Waals surface area contributed by atoms with Gasteiger partial charge in [-0.3, -0.25) is 4.79 Å². The lowest BCUT2D eigenvalue weighted by Crippen LogP contribution is -2.30. The van der Waals surface area contributed by atoms with Crippen LogP contribution < -0.4 is 9.47 Å². The highest BCUT2D eigenvalue weighted by Crippen LogP contribution is 2.27. The molecule has 0 aliphatic carbocycles. The second-order valence-corrected chi connectivity index (χ2v) is 7.74. The molecule has 4 heteroatoms. The third kappa shape index (κ3) is 6.61. The molecule has 1 atom stereocenters. The predicted molar refractivity (Wildman–Crippen MR) is 125 cm³/mol. The molecule has 0 radical (unpaired) electrons. The van der Waals surface area contributed by atoms with Gasteiger partial charge in [-0.15, -0.1) is 0 Å². The maximum atomic E-state index is 12.3. The third-order valence-electron chi connectivity index (χ3n) is 5.64. The SMILES string of the molecule is COc1ccc(CN(CC[C@H](Cc2ccccc2)c2ccc(OC)cc2)C(C)=O)cc1. The topological polar surface area (TPSA) is 38.8 Å². The first-order chi connectivity index (χ1) is 15.1. The molecule has 0 saturated carbocycles. The molecule has 0 aliphatic heterocycles. The van der Waals surface area contributed by atoms with Gasteiger partial charge in [0.2, 0.25) is 5.91 Å². The highest BCUT2D eigenvalue weighted by molar-refractivity contribution is 5.73. The van der Waals surface area contributed by atoms with Gasteiger partial charge in [0.25, 0.3) is 0 Å². The third-order valence-corrected chi connectivity index (χ3v) is 5.64. The predicted octanol–water partition coefficient (Wildman–Crippen LogP) is 5.47. The summed E-state index contributed by atoms with van der Waals surface area (Å²) in [6, 6.07) is 26.7. The number of benzene rings is 3. The Hall–Kier alpha value is -3.27. The fourth-order valence-electron chi connectivity index (χ4n) is 3.77. The summed E-state index contributed by atoms with van der Waals surface area (Å²) in [5, 5.41) is 0. The number of amides is 1. The van der Waals surface area contributed by atoms with Gasteiger partial charge in [0.05, 0.1) is 14.2 Å². The molecule has 3 aromatic carbocycles. The van der Waals surface area contributed by atoms with Crippen LogP contribution in [-0.2, 0) is 17.8 Å². The summed E-state index contributed by atoms with van der Waals surface area (Å²) in [7, 11) is 3.34. The Morgan fingerprint density at radius 3 is 1.94 bits per heavy atom. The maximum Gasteiger partial charge on any atom is 0.219 e. The summed E-state index contributed by atoms with van der Waals surface area (Å²) in [4.78, 5) is 14.3. The number of hydrogen-bond donors (Lipinski definition) is 0. The van der Waals surface area contributed by atoms with Crippen molar-refractivity contribution in [1.29, 1.82) is 0 Å². The van der Waals surface area contributed by atoms with Crippen LogP contribution >= 0.6 is 0 Å². The molecule has 0 N–H and O–H groups in total. The van der Waals surface area contributed by atoms with Crippen LogP contribution in [0.3, 0.4) is 0 Å². The molecule has 0 unspecified atom stereocenters. The van der Waals surface area contributed by atoms with Gasteiger partial charge in [-0.2, -0.15) is 0 Å². The Labute approximate surface area is 185 Å². The first-order valence-electron chi connectivity index (χ1n) is 10.7. The molecule has 1 amide bonds. The largest absolute Gasteiger partial charge is 0.497 e. The molecule has 162 valence electrons. The van der Waals surface area contributed by atoms with Crippen molar-refractivity contribution in [3.05, 3.63) is 95.6 Å². The summed E-state index contributed by atoms with van der Waals surface area (Å²) < 4.78 is 10.6. The van der Waals surface area contributed by atoms with E-state index in [4.69, 9.17) is 9.47 Å². The van der Waals surface area contributed by atoms with Crippen LogP contribution in [0.15, 0.2) is 78.9 Å². The average Bonchev–Trinajstić information content (AvgIpc) is 2.81. The van der Waals surface area contributed by atoms with Crippen LogP contribution in [0.4, 0.5) is 0 Å². The molecular weight excluding hydrogens is 386 g/mol. The highest BCUT2D eigenvalue weighted by atomic mass is 16.5. The number of ether oxygens (including phenoxy) is 2. The van der Waals surface area contributed by atoms with Gasteiger partial charge >= 0.3 is 0 Å². The number of carbonyl (C=O) groups excluding carboxylic acids is 1. The zero-order valence-corrected chi connectivity index (χ0v) is 18.6. The standard InChI is InChI=1S/C27H31NO3/c1-21(29)28(20-23-9-13-26(30-2)14-10-23)18-17-25(19-22-7-5-4-6-8-22)24-11-15-27(31-3)16-12-24/h4-16,25H,17-20H2,1-3H3/t25-/m1/s1. The number of hydrogen-bond acceptors (Lipinski definition) is 3. The van der Waals surface area contributed by atoms with E-state index < -0.39 is 0 Å². The van der Waals surface area contributed by atoms with Crippen molar-refractivity contribution in [1.82, 2.24) is 4.90 Å².